The smallest absolute Gasteiger partial charge is 0.273 e. The molecular weight excluding hydrogens is 466 g/mol. The molecule has 0 saturated carbocycles. The Morgan fingerprint density at radius 1 is 1.03 bits per heavy atom. The normalized spacial score (nSPS) is 13.1. The molecule has 1 amide bonds. The van der Waals surface area contributed by atoms with Crippen molar-refractivity contribution in [3.63, 3.8) is 0 Å². The first-order valence-corrected chi connectivity index (χ1v) is 11.7. The van der Waals surface area contributed by atoms with Crippen molar-refractivity contribution in [1.29, 1.82) is 5.26 Å². The minimum absolute atomic E-state index is 0.132. The van der Waals surface area contributed by atoms with Gasteiger partial charge in [-0.3, -0.25) is 14.2 Å². The number of benzene rings is 3. The zero-order valence-corrected chi connectivity index (χ0v) is 19.8. The minimum atomic E-state index is -0.547. The van der Waals surface area contributed by atoms with E-state index in [2.05, 4.69) is 5.32 Å². The van der Waals surface area contributed by atoms with E-state index >= 15 is 0 Å². The zero-order valence-electron chi connectivity index (χ0n) is 18.2. The predicted molar refractivity (Wildman–Crippen MR) is 136 cm³/mol. The van der Waals surface area contributed by atoms with Gasteiger partial charge < -0.3 is 5.32 Å². The fraction of sp³-hybridized carbons (Fsp3) is 0.0741. The van der Waals surface area contributed by atoms with E-state index in [1.165, 1.54) is 4.57 Å². The van der Waals surface area contributed by atoms with Crippen LogP contribution in [-0.2, 0) is 4.79 Å². The van der Waals surface area contributed by atoms with Crippen LogP contribution >= 0.6 is 22.9 Å². The number of aromatic nitrogens is 1. The van der Waals surface area contributed by atoms with Crippen LogP contribution in [0.2, 0.25) is 5.02 Å². The highest BCUT2D eigenvalue weighted by atomic mass is 35.5. The lowest BCUT2D eigenvalue weighted by Gasteiger charge is -2.13. The van der Waals surface area contributed by atoms with Crippen molar-refractivity contribution in [2.45, 2.75) is 13.0 Å². The van der Waals surface area contributed by atoms with Crippen molar-refractivity contribution in [3.05, 3.63) is 121 Å². The molecule has 0 bridgehead atoms. The molecule has 1 unspecified atom stereocenters. The average molecular weight is 486 g/mol. The van der Waals surface area contributed by atoms with Crippen molar-refractivity contribution in [2.24, 2.45) is 0 Å². The van der Waals surface area contributed by atoms with Crippen LogP contribution in [0.1, 0.15) is 24.1 Å². The maximum absolute atomic E-state index is 13.4. The third kappa shape index (κ3) is 4.86. The number of nitriles is 1. The Labute approximate surface area is 205 Å². The topological polar surface area (TPSA) is 74.9 Å². The quantitative estimate of drug-likeness (QED) is 0.465. The number of rotatable bonds is 5. The molecule has 168 valence electrons. The van der Waals surface area contributed by atoms with E-state index in [0.29, 0.717) is 20.8 Å². The lowest BCUT2D eigenvalue weighted by molar-refractivity contribution is -0.116. The molecule has 3 aromatic carbocycles. The number of hydrogen-bond donors (Lipinski definition) is 1. The van der Waals surface area contributed by atoms with Gasteiger partial charge in [0.05, 0.1) is 16.3 Å². The second kappa shape index (κ2) is 10.3. The molecule has 4 rings (SSSR count). The van der Waals surface area contributed by atoms with Crippen LogP contribution in [0, 0.1) is 11.3 Å². The van der Waals surface area contributed by atoms with Crippen molar-refractivity contribution in [1.82, 2.24) is 9.88 Å². The van der Waals surface area contributed by atoms with E-state index in [9.17, 15) is 14.9 Å². The molecule has 0 aliphatic heterocycles. The second-order valence-electron chi connectivity index (χ2n) is 7.51. The third-order valence-electron chi connectivity index (χ3n) is 5.23. The number of carbonyl (C=O) groups is 1. The van der Waals surface area contributed by atoms with E-state index < -0.39 is 5.91 Å². The van der Waals surface area contributed by atoms with Gasteiger partial charge in [0, 0.05) is 5.02 Å². The third-order valence-corrected chi connectivity index (χ3v) is 6.67. The van der Waals surface area contributed by atoms with Gasteiger partial charge in [0.2, 0.25) is 0 Å². The van der Waals surface area contributed by atoms with E-state index in [-0.39, 0.29) is 21.8 Å². The molecule has 0 fully saturated rings. The Morgan fingerprint density at radius 3 is 2.29 bits per heavy atom. The van der Waals surface area contributed by atoms with Gasteiger partial charge in [-0.05, 0) is 42.3 Å². The average Bonchev–Trinajstić information content (AvgIpc) is 3.17. The molecule has 0 saturated heterocycles. The highest BCUT2D eigenvalue weighted by molar-refractivity contribution is 7.07. The summed E-state index contributed by atoms with van der Waals surface area (Å²) < 4.78 is 2.02. The lowest BCUT2D eigenvalue weighted by atomic mass is 10.1. The van der Waals surface area contributed by atoms with Gasteiger partial charge in [0.1, 0.15) is 10.7 Å². The molecule has 1 aromatic heterocycles. The Kier molecular flexibility index (Phi) is 7.07. The molecule has 1 atom stereocenters. The molecular formula is C27H20ClN3O2S. The van der Waals surface area contributed by atoms with Crippen LogP contribution in [-0.4, -0.2) is 10.5 Å². The first-order valence-electron chi connectivity index (χ1n) is 10.5. The molecule has 4 aromatic rings. The molecule has 1 heterocycles. The van der Waals surface area contributed by atoms with Crippen LogP contribution in [0.5, 0.6) is 0 Å². The summed E-state index contributed by atoms with van der Waals surface area (Å²) in [7, 11) is 0. The fourth-order valence-electron chi connectivity index (χ4n) is 3.48. The maximum Gasteiger partial charge on any atom is 0.273 e. The second-order valence-corrected chi connectivity index (χ2v) is 8.94. The summed E-state index contributed by atoms with van der Waals surface area (Å²) >= 11 is 7.37. The lowest BCUT2D eigenvalue weighted by Crippen LogP contribution is -2.34. The first-order chi connectivity index (χ1) is 16.5. The summed E-state index contributed by atoms with van der Waals surface area (Å²) in [5.74, 6) is -0.547. The Hall–Kier alpha value is -3.92. The number of para-hydroxylation sites is 1. The number of amides is 1. The van der Waals surface area contributed by atoms with Crippen LogP contribution < -0.4 is 20.1 Å². The number of thiazole rings is 1. The van der Waals surface area contributed by atoms with Crippen molar-refractivity contribution >= 4 is 40.5 Å². The van der Waals surface area contributed by atoms with E-state index in [1.54, 1.807) is 42.5 Å². The number of nitrogens with one attached hydrogen (secondary N) is 1. The first kappa shape index (κ1) is 23.2. The summed E-state index contributed by atoms with van der Waals surface area (Å²) in [5.41, 5.74) is 1.69. The summed E-state index contributed by atoms with van der Waals surface area (Å²) in [4.78, 5) is 26.6. The van der Waals surface area contributed by atoms with Crippen LogP contribution in [0.3, 0.4) is 0 Å². The van der Waals surface area contributed by atoms with Gasteiger partial charge >= 0.3 is 0 Å². The maximum atomic E-state index is 13.4. The van der Waals surface area contributed by atoms with Crippen LogP contribution in [0.25, 0.3) is 17.3 Å². The van der Waals surface area contributed by atoms with Crippen LogP contribution in [0.4, 0.5) is 0 Å². The van der Waals surface area contributed by atoms with Gasteiger partial charge in [-0.25, -0.2) is 0 Å². The summed E-state index contributed by atoms with van der Waals surface area (Å²) in [5, 5.41) is 13.3. The number of halogens is 1. The standard InChI is InChI=1S/C27H20ClN3O2S/c1-18(19-10-4-2-5-11-19)30-25(32)22(17-29)27-31(21-13-6-3-7-14-21)26(33)24(34-27)16-20-12-8-9-15-23(20)28/h2-16,18H,1H3,(H,30,32)/b24-16+,27-22+. The van der Waals surface area contributed by atoms with Gasteiger partial charge in [0.15, 0.2) is 5.57 Å². The number of carbonyl (C=O) groups excluding carboxylic acids is 1. The molecule has 0 aliphatic rings. The minimum Gasteiger partial charge on any atom is -0.345 e. The predicted octanol–water partition coefficient (Wildman–Crippen LogP) is 3.93. The molecule has 7 heteroatoms. The molecule has 0 radical (unpaired) electrons. The molecule has 1 N–H and O–H groups in total. The highest BCUT2D eigenvalue weighted by Crippen LogP contribution is 2.15. The van der Waals surface area contributed by atoms with Gasteiger partial charge in [-0.2, -0.15) is 5.26 Å². The Bertz CT molecular complexity index is 1550. The highest BCUT2D eigenvalue weighted by Gasteiger charge is 2.19. The van der Waals surface area contributed by atoms with Crippen molar-refractivity contribution in [3.8, 4) is 11.8 Å². The number of hydrogen-bond acceptors (Lipinski definition) is 4. The summed E-state index contributed by atoms with van der Waals surface area (Å²) in [6.07, 6.45) is 1.68. The number of nitrogens with zero attached hydrogens (tertiary/aromatic N) is 2. The molecule has 0 aliphatic carbocycles. The largest absolute Gasteiger partial charge is 0.345 e. The summed E-state index contributed by atoms with van der Waals surface area (Å²) in [6.45, 7) is 1.84. The SMILES string of the molecule is CC(NC(=O)/C(C#N)=c1/s/c(=C/c2ccccc2Cl)c(=O)n1-c1ccccc1)c1ccccc1. The molecule has 0 spiro atoms. The zero-order chi connectivity index (χ0) is 24.1. The monoisotopic (exact) mass is 485 g/mol. The summed E-state index contributed by atoms with van der Waals surface area (Å²) in [6, 6.07) is 27.3. The fourth-order valence-corrected chi connectivity index (χ4v) is 4.77. The van der Waals surface area contributed by atoms with E-state index in [0.717, 1.165) is 16.9 Å². The van der Waals surface area contributed by atoms with Gasteiger partial charge in [0.25, 0.3) is 11.5 Å². The van der Waals surface area contributed by atoms with E-state index in [1.807, 2.05) is 61.5 Å². The Balaban J connectivity index is 1.91. The van der Waals surface area contributed by atoms with Crippen molar-refractivity contribution < 1.29 is 4.79 Å². The Morgan fingerprint density at radius 2 is 1.65 bits per heavy atom. The van der Waals surface area contributed by atoms with Crippen molar-refractivity contribution in [2.75, 3.05) is 0 Å². The molecule has 5 nitrogen and oxygen atoms in total. The van der Waals surface area contributed by atoms with Gasteiger partial charge in [-0.15, -0.1) is 11.3 Å². The molecule has 34 heavy (non-hydrogen) atoms. The van der Waals surface area contributed by atoms with Crippen LogP contribution in [0.15, 0.2) is 89.7 Å². The van der Waals surface area contributed by atoms with Gasteiger partial charge in [-0.1, -0.05) is 78.3 Å². The van der Waals surface area contributed by atoms with E-state index in [4.69, 9.17) is 11.6 Å².